The molecule has 1 amide bonds. The zero-order chi connectivity index (χ0) is 17.8. The highest BCUT2D eigenvalue weighted by atomic mass is 16.1. The van der Waals surface area contributed by atoms with Gasteiger partial charge < -0.3 is 9.88 Å². The van der Waals surface area contributed by atoms with Crippen molar-refractivity contribution in [1.29, 1.82) is 0 Å². The van der Waals surface area contributed by atoms with Gasteiger partial charge in [-0.2, -0.15) is 0 Å². The van der Waals surface area contributed by atoms with E-state index in [1.54, 1.807) is 6.92 Å². The fraction of sp³-hybridized carbons (Fsp3) is 0.143. The summed E-state index contributed by atoms with van der Waals surface area (Å²) in [5.41, 5.74) is 4.43. The Kier molecular flexibility index (Phi) is 4.80. The van der Waals surface area contributed by atoms with E-state index in [-0.39, 0.29) is 5.91 Å². The molecule has 0 saturated carbocycles. The predicted molar refractivity (Wildman–Crippen MR) is 101 cm³/mol. The molecule has 0 aliphatic heterocycles. The molecule has 0 saturated heterocycles. The predicted octanol–water partition coefficient (Wildman–Crippen LogP) is 3.95. The van der Waals surface area contributed by atoms with Crippen molar-refractivity contribution >= 4 is 5.91 Å². The Hall–Kier alpha value is -3.14. The van der Waals surface area contributed by atoms with Crippen LogP contribution in [0.5, 0.6) is 0 Å². The third kappa shape index (κ3) is 3.53. The average Bonchev–Trinajstić information content (AvgIpc) is 2.97. The molecule has 0 radical (unpaired) electrons. The van der Waals surface area contributed by atoms with E-state index in [0.29, 0.717) is 12.1 Å². The minimum Gasteiger partial charge on any atom is -0.347 e. The maximum Gasteiger partial charge on any atom is 0.246 e. The lowest BCUT2D eigenvalue weighted by Crippen LogP contribution is -2.23. The summed E-state index contributed by atoms with van der Waals surface area (Å²) in [5.74, 6) is 0.713. The van der Waals surface area contributed by atoms with Crippen LogP contribution in [0.3, 0.4) is 0 Å². The molecule has 4 nitrogen and oxygen atoms in total. The number of nitrogens with one attached hydrogen (secondary N) is 1. The van der Waals surface area contributed by atoms with E-state index in [2.05, 4.69) is 28.6 Å². The molecule has 0 unspecified atom stereocenters. The highest BCUT2D eigenvalue weighted by molar-refractivity contribution is 5.92. The first-order valence-electron chi connectivity index (χ1n) is 8.18. The summed E-state index contributed by atoms with van der Waals surface area (Å²) in [6.45, 7) is 5.73. The first kappa shape index (κ1) is 16.7. The first-order chi connectivity index (χ1) is 12.1. The van der Waals surface area contributed by atoms with Crippen molar-refractivity contribution in [3.8, 4) is 22.6 Å². The molecule has 0 spiro atoms. The Balaban J connectivity index is 2.06. The maximum atomic E-state index is 11.9. The smallest absolute Gasteiger partial charge is 0.246 e. The van der Waals surface area contributed by atoms with Crippen molar-refractivity contribution in [2.24, 2.45) is 7.05 Å². The van der Waals surface area contributed by atoms with Gasteiger partial charge in [-0.3, -0.25) is 4.79 Å². The van der Waals surface area contributed by atoms with Crippen LogP contribution < -0.4 is 5.32 Å². The minimum atomic E-state index is -0.161. The van der Waals surface area contributed by atoms with Crippen molar-refractivity contribution in [3.05, 3.63) is 78.5 Å². The quantitative estimate of drug-likeness (QED) is 0.720. The van der Waals surface area contributed by atoms with E-state index in [1.807, 2.05) is 55.6 Å². The van der Waals surface area contributed by atoms with Gasteiger partial charge in [-0.25, -0.2) is 4.98 Å². The van der Waals surface area contributed by atoms with Crippen molar-refractivity contribution in [2.45, 2.75) is 13.5 Å². The van der Waals surface area contributed by atoms with Gasteiger partial charge in [0, 0.05) is 23.7 Å². The van der Waals surface area contributed by atoms with Gasteiger partial charge in [0.25, 0.3) is 0 Å². The van der Waals surface area contributed by atoms with Gasteiger partial charge in [-0.1, -0.05) is 67.2 Å². The Morgan fingerprint density at radius 2 is 1.60 bits per heavy atom. The molecule has 0 atom stereocenters. The third-order valence-corrected chi connectivity index (χ3v) is 4.05. The molecule has 0 aliphatic rings. The first-order valence-corrected chi connectivity index (χ1v) is 8.18. The average molecular weight is 331 g/mol. The van der Waals surface area contributed by atoms with Gasteiger partial charge in [-0.05, 0) is 6.92 Å². The van der Waals surface area contributed by atoms with Crippen molar-refractivity contribution in [1.82, 2.24) is 14.9 Å². The van der Waals surface area contributed by atoms with E-state index in [9.17, 15) is 4.79 Å². The summed E-state index contributed by atoms with van der Waals surface area (Å²) in [4.78, 5) is 16.7. The van der Waals surface area contributed by atoms with Crippen molar-refractivity contribution in [2.75, 3.05) is 0 Å². The number of amides is 1. The monoisotopic (exact) mass is 331 g/mol. The molecule has 3 rings (SSSR count). The molecular weight excluding hydrogens is 310 g/mol. The van der Waals surface area contributed by atoms with Crippen LogP contribution in [0.15, 0.2) is 72.8 Å². The molecule has 0 bridgehead atoms. The zero-order valence-electron chi connectivity index (χ0n) is 14.5. The standard InChI is InChI=1S/C21H21N3O/c1-15(2)21(25)22-14-18-19(16-10-6-4-7-11-16)24(3)20(23-18)17-12-8-5-9-13-17/h4-13H,1,14H2,2-3H3,(H,22,25). The summed E-state index contributed by atoms with van der Waals surface area (Å²) < 4.78 is 2.08. The number of carbonyl (C=O) groups is 1. The molecule has 3 aromatic rings. The molecular formula is C21H21N3O. The molecule has 126 valence electrons. The molecule has 2 aromatic carbocycles. The van der Waals surface area contributed by atoms with Gasteiger partial charge in [0.15, 0.2) is 0 Å². The second kappa shape index (κ2) is 7.18. The highest BCUT2D eigenvalue weighted by Gasteiger charge is 2.18. The van der Waals surface area contributed by atoms with Gasteiger partial charge in [0.2, 0.25) is 5.91 Å². The summed E-state index contributed by atoms with van der Waals surface area (Å²) in [6.07, 6.45) is 0. The molecule has 0 fully saturated rings. The number of aromatic nitrogens is 2. The number of imidazole rings is 1. The molecule has 25 heavy (non-hydrogen) atoms. The number of carbonyl (C=O) groups excluding carboxylic acids is 1. The summed E-state index contributed by atoms with van der Waals surface area (Å²) in [7, 11) is 2.00. The number of hydrogen-bond acceptors (Lipinski definition) is 2. The Labute approximate surface area is 147 Å². The lowest BCUT2D eigenvalue weighted by Gasteiger charge is -2.08. The maximum absolute atomic E-state index is 11.9. The number of rotatable bonds is 5. The normalized spacial score (nSPS) is 10.5. The number of hydrogen-bond donors (Lipinski definition) is 1. The molecule has 4 heteroatoms. The highest BCUT2D eigenvalue weighted by Crippen LogP contribution is 2.29. The van der Waals surface area contributed by atoms with E-state index < -0.39 is 0 Å². The number of nitrogens with zero attached hydrogens (tertiary/aromatic N) is 2. The van der Waals surface area contributed by atoms with Crippen LogP contribution in [-0.4, -0.2) is 15.5 Å². The van der Waals surface area contributed by atoms with Crippen LogP contribution in [0.1, 0.15) is 12.6 Å². The number of benzene rings is 2. The van der Waals surface area contributed by atoms with Crippen LogP contribution in [0.4, 0.5) is 0 Å². The largest absolute Gasteiger partial charge is 0.347 e. The van der Waals surface area contributed by atoms with E-state index in [0.717, 1.165) is 28.3 Å². The molecule has 1 N–H and O–H groups in total. The van der Waals surface area contributed by atoms with Crippen LogP contribution in [0.2, 0.25) is 0 Å². The van der Waals surface area contributed by atoms with Crippen LogP contribution in [-0.2, 0) is 18.4 Å². The summed E-state index contributed by atoms with van der Waals surface area (Å²) in [5, 5.41) is 2.89. The van der Waals surface area contributed by atoms with E-state index in [4.69, 9.17) is 4.98 Å². The van der Waals surface area contributed by atoms with Gasteiger partial charge >= 0.3 is 0 Å². The van der Waals surface area contributed by atoms with E-state index >= 15 is 0 Å². The topological polar surface area (TPSA) is 46.9 Å². The third-order valence-electron chi connectivity index (χ3n) is 4.05. The Morgan fingerprint density at radius 3 is 2.16 bits per heavy atom. The Bertz CT molecular complexity index is 896. The SMILES string of the molecule is C=C(C)C(=O)NCc1nc(-c2ccccc2)n(C)c1-c1ccccc1. The lowest BCUT2D eigenvalue weighted by atomic mass is 10.1. The zero-order valence-corrected chi connectivity index (χ0v) is 14.5. The second-order valence-electron chi connectivity index (χ2n) is 5.98. The Morgan fingerprint density at radius 1 is 1.04 bits per heavy atom. The van der Waals surface area contributed by atoms with E-state index in [1.165, 1.54) is 0 Å². The molecule has 0 aliphatic carbocycles. The van der Waals surface area contributed by atoms with Crippen molar-refractivity contribution in [3.63, 3.8) is 0 Å². The minimum absolute atomic E-state index is 0.161. The van der Waals surface area contributed by atoms with Gasteiger partial charge in [0.05, 0.1) is 17.9 Å². The summed E-state index contributed by atoms with van der Waals surface area (Å²) in [6, 6.07) is 20.1. The lowest BCUT2D eigenvalue weighted by molar-refractivity contribution is -0.117. The van der Waals surface area contributed by atoms with Crippen LogP contribution in [0.25, 0.3) is 22.6 Å². The molecule has 1 heterocycles. The fourth-order valence-corrected chi connectivity index (χ4v) is 2.80. The fourth-order valence-electron chi connectivity index (χ4n) is 2.80. The van der Waals surface area contributed by atoms with Crippen LogP contribution >= 0.6 is 0 Å². The van der Waals surface area contributed by atoms with Gasteiger partial charge in [0.1, 0.15) is 5.82 Å². The molecule has 1 aromatic heterocycles. The summed E-state index contributed by atoms with van der Waals surface area (Å²) >= 11 is 0. The second-order valence-corrected chi connectivity index (χ2v) is 5.98. The van der Waals surface area contributed by atoms with Crippen LogP contribution in [0, 0.1) is 0 Å². The van der Waals surface area contributed by atoms with Crippen molar-refractivity contribution < 1.29 is 4.79 Å². The van der Waals surface area contributed by atoms with Gasteiger partial charge in [-0.15, -0.1) is 0 Å².